The number of halogens is 2. The second-order valence-corrected chi connectivity index (χ2v) is 4.93. The molecule has 2 aromatic rings. The molecule has 0 radical (unpaired) electrons. The van der Waals surface area contributed by atoms with Crippen molar-refractivity contribution in [2.45, 2.75) is 19.9 Å². The van der Waals surface area contributed by atoms with Crippen LogP contribution in [0.25, 0.3) is 0 Å². The van der Waals surface area contributed by atoms with Gasteiger partial charge in [-0.2, -0.15) is 0 Å². The van der Waals surface area contributed by atoms with E-state index in [1.165, 1.54) is 6.07 Å². The summed E-state index contributed by atoms with van der Waals surface area (Å²) in [5.74, 6) is -0.286. The van der Waals surface area contributed by atoms with Crippen LogP contribution in [0.2, 0.25) is 0 Å². The third-order valence-electron chi connectivity index (χ3n) is 2.63. The van der Waals surface area contributed by atoms with Crippen molar-refractivity contribution >= 4 is 21.6 Å². The van der Waals surface area contributed by atoms with Crippen LogP contribution >= 0.6 is 15.9 Å². The first kappa shape index (κ1) is 13.0. The van der Waals surface area contributed by atoms with Gasteiger partial charge in [-0.15, -0.1) is 0 Å². The molecule has 1 atom stereocenters. The molecule has 0 amide bonds. The lowest BCUT2D eigenvalue weighted by Crippen LogP contribution is -2.11. The summed E-state index contributed by atoms with van der Waals surface area (Å²) in [5, 5.41) is 3.10. The second-order valence-electron chi connectivity index (χ2n) is 4.02. The highest BCUT2D eigenvalue weighted by Gasteiger charge is 2.12. The Hall–Kier alpha value is -1.49. The van der Waals surface area contributed by atoms with E-state index in [2.05, 4.69) is 31.2 Å². The maximum atomic E-state index is 13.6. The van der Waals surface area contributed by atoms with Gasteiger partial charge >= 0.3 is 0 Å². The molecule has 0 bridgehead atoms. The first-order valence-electron chi connectivity index (χ1n) is 5.57. The minimum atomic E-state index is -0.286. The molecule has 0 fully saturated rings. The average molecular weight is 310 g/mol. The smallest absolute Gasteiger partial charge is 0.146 e. The van der Waals surface area contributed by atoms with Crippen molar-refractivity contribution < 1.29 is 4.39 Å². The van der Waals surface area contributed by atoms with Gasteiger partial charge in [0.25, 0.3) is 0 Å². The molecule has 18 heavy (non-hydrogen) atoms. The van der Waals surface area contributed by atoms with Crippen molar-refractivity contribution in [2.75, 3.05) is 5.32 Å². The molecule has 2 rings (SSSR count). The monoisotopic (exact) mass is 309 g/mol. The Morgan fingerprint density at radius 1 is 1.28 bits per heavy atom. The Kier molecular flexibility index (Phi) is 3.91. The summed E-state index contributed by atoms with van der Waals surface area (Å²) in [6.45, 7) is 3.81. The summed E-state index contributed by atoms with van der Waals surface area (Å²) < 4.78 is 14.5. The SMILES string of the molecule is Cc1nccnc1C(C)Nc1cc(Br)ccc1F. The van der Waals surface area contributed by atoms with E-state index in [-0.39, 0.29) is 11.9 Å². The van der Waals surface area contributed by atoms with Gasteiger partial charge in [0.1, 0.15) is 5.82 Å². The molecule has 1 aromatic heterocycles. The van der Waals surface area contributed by atoms with Crippen molar-refractivity contribution in [3.05, 3.63) is 52.3 Å². The summed E-state index contributed by atoms with van der Waals surface area (Å²) in [5.41, 5.74) is 2.10. The molecule has 0 aliphatic carbocycles. The van der Waals surface area contributed by atoms with E-state index < -0.39 is 0 Å². The van der Waals surface area contributed by atoms with E-state index in [9.17, 15) is 4.39 Å². The van der Waals surface area contributed by atoms with Crippen LogP contribution in [0.5, 0.6) is 0 Å². The van der Waals surface area contributed by atoms with Gasteiger partial charge in [0, 0.05) is 16.9 Å². The van der Waals surface area contributed by atoms with Crippen molar-refractivity contribution in [3.63, 3.8) is 0 Å². The minimum absolute atomic E-state index is 0.109. The Labute approximate surface area is 114 Å². The second kappa shape index (κ2) is 5.44. The predicted octanol–water partition coefficient (Wildman–Crippen LogP) is 3.86. The third kappa shape index (κ3) is 2.85. The quantitative estimate of drug-likeness (QED) is 0.935. The summed E-state index contributed by atoms with van der Waals surface area (Å²) in [6, 6.07) is 4.68. The standard InChI is InChI=1S/C13H13BrFN3/c1-8-13(17-6-5-16-8)9(2)18-12-7-10(14)3-4-11(12)15/h3-7,9,18H,1-2H3. The van der Waals surface area contributed by atoms with Crippen molar-refractivity contribution in [3.8, 4) is 0 Å². The summed E-state index contributed by atoms with van der Waals surface area (Å²) >= 11 is 3.32. The van der Waals surface area contributed by atoms with Crippen LogP contribution in [-0.4, -0.2) is 9.97 Å². The van der Waals surface area contributed by atoms with Crippen LogP contribution in [0, 0.1) is 12.7 Å². The maximum absolute atomic E-state index is 13.6. The molecule has 94 valence electrons. The predicted molar refractivity (Wildman–Crippen MR) is 72.9 cm³/mol. The van der Waals surface area contributed by atoms with Crippen molar-refractivity contribution in [1.82, 2.24) is 9.97 Å². The molecular formula is C13H13BrFN3. The van der Waals surface area contributed by atoms with Crippen LogP contribution in [0.1, 0.15) is 24.4 Å². The van der Waals surface area contributed by atoms with Crippen LogP contribution < -0.4 is 5.32 Å². The molecule has 1 aromatic carbocycles. The van der Waals surface area contributed by atoms with E-state index in [0.29, 0.717) is 5.69 Å². The summed E-state index contributed by atoms with van der Waals surface area (Å²) in [4.78, 5) is 8.44. The van der Waals surface area contributed by atoms with Crippen LogP contribution in [0.15, 0.2) is 35.1 Å². The summed E-state index contributed by atoms with van der Waals surface area (Å²) in [6.07, 6.45) is 3.28. The molecule has 0 saturated heterocycles. The number of nitrogens with one attached hydrogen (secondary N) is 1. The van der Waals surface area contributed by atoms with Gasteiger partial charge in [0.05, 0.1) is 23.1 Å². The fourth-order valence-electron chi connectivity index (χ4n) is 1.75. The van der Waals surface area contributed by atoms with Crippen LogP contribution in [-0.2, 0) is 0 Å². The van der Waals surface area contributed by atoms with Gasteiger partial charge in [0.2, 0.25) is 0 Å². The fraction of sp³-hybridized carbons (Fsp3) is 0.231. The fourth-order valence-corrected chi connectivity index (χ4v) is 2.11. The van der Waals surface area contributed by atoms with E-state index in [4.69, 9.17) is 0 Å². The Bertz CT molecular complexity index is 560. The molecule has 5 heteroatoms. The number of hydrogen-bond acceptors (Lipinski definition) is 3. The first-order chi connectivity index (χ1) is 8.58. The number of aromatic nitrogens is 2. The lowest BCUT2D eigenvalue weighted by Gasteiger charge is -2.16. The normalized spacial score (nSPS) is 12.2. The molecule has 0 spiro atoms. The lowest BCUT2D eigenvalue weighted by molar-refractivity contribution is 0.626. The number of nitrogens with zero attached hydrogens (tertiary/aromatic N) is 2. The number of aryl methyl sites for hydroxylation is 1. The largest absolute Gasteiger partial charge is 0.374 e. The van der Waals surface area contributed by atoms with E-state index >= 15 is 0 Å². The van der Waals surface area contributed by atoms with Gasteiger partial charge in [-0.25, -0.2) is 4.39 Å². The van der Waals surface area contributed by atoms with Crippen molar-refractivity contribution in [2.24, 2.45) is 0 Å². The average Bonchev–Trinajstić information content (AvgIpc) is 2.34. The highest BCUT2D eigenvalue weighted by atomic mass is 79.9. The van der Waals surface area contributed by atoms with Gasteiger partial charge in [-0.05, 0) is 32.0 Å². The first-order valence-corrected chi connectivity index (χ1v) is 6.36. The Balaban J connectivity index is 2.24. The Morgan fingerprint density at radius 3 is 2.72 bits per heavy atom. The molecule has 1 unspecified atom stereocenters. The molecule has 1 N–H and O–H groups in total. The zero-order valence-corrected chi connectivity index (χ0v) is 11.7. The molecule has 0 saturated carbocycles. The Morgan fingerprint density at radius 2 is 2.00 bits per heavy atom. The van der Waals surface area contributed by atoms with E-state index in [1.807, 2.05) is 13.8 Å². The maximum Gasteiger partial charge on any atom is 0.146 e. The number of rotatable bonds is 3. The van der Waals surface area contributed by atoms with Gasteiger partial charge in [-0.3, -0.25) is 9.97 Å². The number of anilines is 1. The van der Waals surface area contributed by atoms with Crippen molar-refractivity contribution in [1.29, 1.82) is 0 Å². The molecule has 0 aliphatic rings. The molecule has 3 nitrogen and oxygen atoms in total. The van der Waals surface area contributed by atoms with E-state index in [1.54, 1.807) is 24.5 Å². The topological polar surface area (TPSA) is 37.8 Å². The lowest BCUT2D eigenvalue weighted by atomic mass is 10.1. The molecular weight excluding hydrogens is 297 g/mol. The highest BCUT2D eigenvalue weighted by Crippen LogP contribution is 2.24. The van der Waals surface area contributed by atoms with E-state index in [0.717, 1.165) is 15.9 Å². The summed E-state index contributed by atoms with van der Waals surface area (Å²) in [7, 11) is 0. The number of benzene rings is 1. The zero-order chi connectivity index (χ0) is 13.1. The molecule has 1 heterocycles. The minimum Gasteiger partial charge on any atom is -0.374 e. The van der Waals surface area contributed by atoms with Gasteiger partial charge < -0.3 is 5.32 Å². The van der Waals surface area contributed by atoms with Crippen LogP contribution in [0.3, 0.4) is 0 Å². The van der Waals surface area contributed by atoms with Crippen LogP contribution in [0.4, 0.5) is 10.1 Å². The zero-order valence-electron chi connectivity index (χ0n) is 10.1. The molecule has 0 aliphatic heterocycles. The van der Waals surface area contributed by atoms with Gasteiger partial charge in [0.15, 0.2) is 0 Å². The van der Waals surface area contributed by atoms with Gasteiger partial charge in [-0.1, -0.05) is 15.9 Å². The third-order valence-corrected chi connectivity index (χ3v) is 3.12. The highest BCUT2D eigenvalue weighted by molar-refractivity contribution is 9.10. The number of hydrogen-bond donors (Lipinski definition) is 1.